The lowest BCUT2D eigenvalue weighted by molar-refractivity contribution is 0.0673. The van der Waals surface area contributed by atoms with Gasteiger partial charge < -0.3 is 9.88 Å². The maximum absolute atomic E-state index is 13.0. The highest BCUT2D eigenvalue weighted by atomic mass is 16.2. The molecule has 3 aromatic rings. The average molecular weight is 336 g/mol. The lowest BCUT2D eigenvalue weighted by Gasteiger charge is -2.32. The van der Waals surface area contributed by atoms with Gasteiger partial charge in [-0.1, -0.05) is 0 Å². The van der Waals surface area contributed by atoms with E-state index in [4.69, 9.17) is 0 Å². The van der Waals surface area contributed by atoms with Crippen LogP contribution in [0.2, 0.25) is 0 Å². The van der Waals surface area contributed by atoms with Crippen LogP contribution in [0.15, 0.2) is 30.5 Å². The fourth-order valence-electron chi connectivity index (χ4n) is 3.90. The zero-order chi connectivity index (χ0) is 17.4. The van der Waals surface area contributed by atoms with Gasteiger partial charge in [0.2, 0.25) is 0 Å². The van der Waals surface area contributed by atoms with E-state index in [1.807, 2.05) is 29.2 Å². The second-order valence-electron chi connectivity index (χ2n) is 7.18. The van der Waals surface area contributed by atoms with Crippen LogP contribution in [0.1, 0.15) is 40.2 Å². The summed E-state index contributed by atoms with van der Waals surface area (Å²) >= 11 is 0. The molecule has 1 aliphatic rings. The molecule has 0 spiro atoms. The van der Waals surface area contributed by atoms with Gasteiger partial charge in [0, 0.05) is 47.1 Å². The molecule has 4 rings (SSSR count). The Morgan fingerprint density at radius 1 is 1.32 bits per heavy atom. The zero-order valence-corrected chi connectivity index (χ0v) is 14.8. The molecule has 2 N–H and O–H groups in total. The van der Waals surface area contributed by atoms with Gasteiger partial charge in [-0.15, -0.1) is 0 Å². The molecule has 130 valence electrons. The molecule has 5 nitrogen and oxygen atoms in total. The van der Waals surface area contributed by atoms with E-state index in [0.717, 1.165) is 60.2 Å². The Bertz CT molecular complexity index is 894. The van der Waals surface area contributed by atoms with Crippen molar-refractivity contribution in [3.8, 4) is 0 Å². The molecule has 0 bridgehead atoms. The Morgan fingerprint density at radius 3 is 3.00 bits per heavy atom. The van der Waals surface area contributed by atoms with Crippen LogP contribution >= 0.6 is 0 Å². The number of hydrogen-bond acceptors (Lipinski definition) is 2. The Balaban J connectivity index is 1.52. The van der Waals surface area contributed by atoms with Crippen molar-refractivity contribution in [3.05, 3.63) is 53.0 Å². The number of H-pyrrole nitrogens is 2. The molecule has 1 atom stereocenters. The van der Waals surface area contributed by atoms with Crippen LogP contribution in [0.5, 0.6) is 0 Å². The average Bonchev–Trinajstić information content (AvgIpc) is 3.23. The Morgan fingerprint density at radius 2 is 2.20 bits per heavy atom. The summed E-state index contributed by atoms with van der Waals surface area (Å²) in [6.45, 7) is 5.84. The van der Waals surface area contributed by atoms with E-state index in [-0.39, 0.29) is 5.91 Å². The molecule has 2 aromatic heterocycles. The molecule has 1 saturated heterocycles. The quantitative estimate of drug-likeness (QED) is 0.767. The van der Waals surface area contributed by atoms with Crippen LogP contribution in [0.3, 0.4) is 0 Å². The monoisotopic (exact) mass is 336 g/mol. The summed E-state index contributed by atoms with van der Waals surface area (Å²) in [6.07, 6.45) is 4.98. The molecule has 0 saturated carbocycles. The molecule has 1 aliphatic heterocycles. The van der Waals surface area contributed by atoms with E-state index in [1.54, 1.807) is 6.20 Å². The predicted molar refractivity (Wildman–Crippen MR) is 98.7 cm³/mol. The topological polar surface area (TPSA) is 64.8 Å². The highest BCUT2D eigenvalue weighted by Crippen LogP contribution is 2.25. The molecular formula is C20H24N4O. The molecule has 0 radical (unpaired) electrons. The minimum atomic E-state index is 0.148. The van der Waals surface area contributed by atoms with E-state index >= 15 is 0 Å². The van der Waals surface area contributed by atoms with Crippen molar-refractivity contribution < 1.29 is 4.79 Å². The van der Waals surface area contributed by atoms with Crippen LogP contribution in [0, 0.1) is 19.8 Å². The first kappa shape index (κ1) is 15.9. The van der Waals surface area contributed by atoms with Gasteiger partial charge in [0.1, 0.15) is 0 Å². The predicted octanol–water partition coefficient (Wildman–Crippen LogP) is 3.60. The standard InChI is InChI=1S/C20H24N4O/c1-13-14(2)22-19-6-5-16(11-18(13)19)20(25)24-9-3-4-15(12-24)10-17-7-8-21-23-17/h5-8,11,15,22H,3-4,9-10,12H2,1-2H3,(H,21,23). The number of aromatic amines is 2. The van der Waals surface area contributed by atoms with Gasteiger partial charge in [0.25, 0.3) is 5.91 Å². The largest absolute Gasteiger partial charge is 0.358 e. The highest BCUT2D eigenvalue weighted by molar-refractivity contribution is 5.99. The van der Waals surface area contributed by atoms with E-state index in [2.05, 4.69) is 29.0 Å². The van der Waals surface area contributed by atoms with Crippen molar-refractivity contribution in [3.63, 3.8) is 0 Å². The number of hydrogen-bond donors (Lipinski definition) is 2. The molecule has 1 amide bonds. The Kier molecular flexibility index (Phi) is 4.07. The summed E-state index contributed by atoms with van der Waals surface area (Å²) in [4.78, 5) is 18.4. The first-order chi connectivity index (χ1) is 12.1. The normalized spacial score (nSPS) is 18.0. The molecule has 1 fully saturated rings. The number of carbonyl (C=O) groups is 1. The van der Waals surface area contributed by atoms with Gasteiger partial charge in [-0.3, -0.25) is 9.89 Å². The number of piperidine rings is 1. The minimum absolute atomic E-state index is 0.148. The van der Waals surface area contributed by atoms with Gasteiger partial charge in [-0.05, 0) is 68.9 Å². The van der Waals surface area contributed by atoms with Crippen molar-refractivity contribution >= 4 is 16.8 Å². The molecule has 1 unspecified atom stereocenters. The van der Waals surface area contributed by atoms with Crippen molar-refractivity contribution in [2.24, 2.45) is 5.92 Å². The third-order valence-electron chi connectivity index (χ3n) is 5.43. The van der Waals surface area contributed by atoms with E-state index < -0.39 is 0 Å². The molecule has 5 heteroatoms. The number of aromatic nitrogens is 3. The summed E-state index contributed by atoms with van der Waals surface area (Å²) in [6, 6.07) is 8.02. The van der Waals surface area contributed by atoms with Gasteiger partial charge in [0.05, 0.1) is 0 Å². The lowest BCUT2D eigenvalue weighted by Crippen LogP contribution is -2.40. The van der Waals surface area contributed by atoms with Gasteiger partial charge in [-0.25, -0.2) is 0 Å². The van der Waals surface area contributed by atoms with Crippen LogP contribution in [0.4, 0.5) is 0 Å². The van der Waals surface area contributed by atoms with E-state index in [1.165, 1.54) is 5.56 Å². The Labute approximate surface area is 147 Å². The highest BCUT2D eigenvalue weighted by Gasteiger charge is 2.25. The second kappa shape index (κ2) is 6.39. The number of likely N-dealkylation sites (tertiary alicyclic amines) is 1. The van der Waals surface area contributed by atoms with Crippen LogP contribution in [-0.4, -0.2) is 39.1 Å². The van der Waals surface area contributed by atoms with Gasteiger partial charge in [-0.2, -0.15) is 5.10 Å². The smallest absolute Gasteiger partial charge is 0.253 e. The zero-order valence-electron chi connectivity index (χ0n) is 14.8. The summed E-state index contributed by atoms with van der Waals surface area (Å²) in [5.74, 6) is 0.646. The minimum Gasteiger partial charge on any atom is -0.358 e. The van der Waals surface area contributed by atoms with Crippen molar-refractivity contribution in [1.29, 1.82) is 0 Å². The van der Waals surface area contributed by atoms with Crippen LogP contribution in [0.25, 0.3) is 10.9 Å². The van der Waals surface area contributed by atoms with Crippen molar-refractivity contribution in [1.82, 2.24) is 20.1 Å². The van der Waals surface area contributed by atoms with Crippen LogP contribution < -0.4 is 0 Å². The van der Waals surface area contributed by atoms with Crippen molar-refractivity contribution in [2.75, 3.05) is 13.1 Å². The van der Waals surface area contributed by atoms with Crippen LogP contribution in [-0.2, 0) is 6.42 Å². The first-order valence-corrected chi connectivity index (χ1v) is 8.98. The number of benzene rings is 1. The molecule has 0 aliphatic carbocycles. The number of nitrogens with zero attached hydrogens (tertiary/aromatic N) is 2. The number of carbonyl (C=O) groups excluding carboxylic acids is 1. The summed E-state index contributed by atoms with van der Waals surface area (Å²) in [5.41, 5.74) is 5.43. The number of fused-ring (bicyclic) bond motifs is 1. The third kappa shape index (κ3) is 3.06. The SMILES string of the molecule is Cc1[nH]c2ccc(C(=O)N3CCCC(Cc4ccn[nH]4)C3)cc2c1C. The summed E-state index contributed by atoms with van der Waals surface area (Å²) in [7, 11) is 0. The van der Waals surface area contributed by atoms with E-state index in [0.29, 0.717) is 5.92 Å². The van der Waals surface area contributed by atoms with Gasteiger partial charge >= 0.3 is 0 Å². The fourth-order valence-corrected chi connectivity index (χ4v) is 3.90. The summed E-state index contributed by atoms with van der Waals surface area (Å²) in [5, 5.41) is 8.20. The molecule has 3 heterocycles. The van der Waals surface area contributed by atoms with Crippen molar-refractivity contribution in [2.45, 2.75) is 33.1 Å². The van der Waals surface area contributed by atoms with E-state index in [9.17, 15) is 4.79 Å². The maximum Gasteiger partial charge on any atom is 0.253 e. The maximum atomic E-state index is 13.0. The fraction of sp³-hybridized carbons (Fsp3) is 0.400. The Hall–Kier alpha value is -2.56. The first-order valence-electron chi connectivity index (χ1n) is 8.98. The molecular weight excluding hydrogens is 312 g/mol. The number of aryl methyl sites for hydroxylation is 2. The number of nitrogens with one attached hydrogen (secondary N) is 2. The third-order valence-corrected chi connectivity index (χ3v) is 5.43. The lowest BCUT2D eigenvalue weighted by atomic mass is 9.93. The molecule has 25 heavy (non-hydrogen) atoms. The summed E-state index contributed by atoms with van der Waals surface area (Å²) < 4.78 is 0. The second-order valence-corrected chi connectivity index (χ2v) is 7.18. The number of rotatable bonds is 3. The number of amides is 1. The molecule has 1 aromatic carbocycles. The van der Waals surface area contributed by atoms with Gasteiger partial charge in [0.15, 0.2) is 0 Å².